The van der Waals surface area contributed by atoms with Gasteiger partial charge in [0.1, 0.15) is 11.1 Å². The predicted octanol–water partition coefficient (Wildman–Crippen LogP) is 4.38. The Morgan fingerprint density at radius 2 is 1.69 bits per heavy atom. The molecule has 144 valence electrons. The molecule has 1 aromatic rings. The minimum atomic E-state index is -1.24. The molecule has 26 heavy (non-hydrogen) atoms. The molecule has 0 saturated carbocycles. The Kier molecular flexibility index (Phi) is 5.41. The lowest BCUT2D eigenvalue weighted by Gasteiger charge is -2.36. The maximum Gasteiger partial charge on any atom is 0.411 e. The molecule has 1 aliphatic heterocycles. The molecule has 0 bridgehead atoms. The van der Waals surface area contributed by atoms with Gasteiger partial charge in [-0.25, -0.2) is 9.59 Å². The zero-order valence-electron chi connectivity index (χ0n) is 16.8. The third-order valence-electron chi connectivity index (χ3n) is 4.82. The number of carboxylic acids is 1. The van der Waals surface area contributed by atoms with Gasteiger partial charge in [0.15, 0.2) is 0 Å². The molecule has 0 aromatic heterocycles. The smallest absolute Gasteiger partial charge is 0.411 e. The normalized spacial score (nSPS) is 20.9. The molecule has 0 aliphatic carbocycles. The van der Waals surface area contributed by atoms with Crippen molar-refractivity contribution in [3.63, 3.8) is 0 Å². The Balaban J connectivity index is 2.29. The van der Waals surface area contributed by atoms with Crippen molar-refractivity contribution in [3.8, 4) is 0 Å². The van der Waals surface area contributed by atoms with Crippen LogP contribution in [-0.2, 0) is 21.4 Å². The summed E-state index contributed by atoms with van der Waals surface area (Å²) >= 11 is 0. The molecule has 5 heteroatoms. The number of carbonyl (C=O) groups is 2. The van der Waals surface area contributed by atoms with Gasteiger partial charge in [-0.2, -0.15) is 0 Å². The van der Waals surface area contributed by atoms with Crippen LogP contribution >= 0.6 is 0 Å². The molecular formula is C21H31NO4. The number of nitrogens with zero attached hydrogens (tertiary/aromatic N) is 1. The van der Waals surface area contributed by atoms with E-state index in [4.69, 9.17) is 4.74 Å². The first-order valence-corrected chi connectivity index (χ1v) is 9.19. The van der Waals surface area contributed by atoms with Crippen molar-refractivity contribution in [2.45, 2.75) is 77.4 Å². The highest BCUT2D eigenvalue weighted by atomic mass is 16.6. The Labute approximate surface area is 156 Å². The zero-order valence-corrected chi connectivity index (χ0v) is 16.8. The van der Waals surface area contributed by atoms with E-state index in [1.807, 2.05) is 24.3 Å². The Bertz CT molecular complexity index is 667. The van der Waals surface area contributed by atoms with E-state index in [-0.39, 0.29) is 11.8 Å². The van der Waals surface area contributed by atoms with E-state index < -0.39 is 23.2 Å². The van der Waals surface area contributed by atoms with E-state index in [1.165, 1.54) is 10.5 Å². The van der Waals surface area contributed by atoms with Crippen molar-refractivity contribution in [1.82, 2.24) is 4.90 Å². The number of rotatable bonds is 3. The van der Waals surface area contributed by atoms with Crippen molar-refractivity contribution in [1.29, 1.82) is 0 Å². The van der Waals surface area contributed by atoms with Gasteiger partial charge in [-0.3, -0.25) is 4.90 Å². The van der Waals surface area contributed by atoms with Gasteiger partial charge in [-0.15, -0.1) is 0 Å². The quantitative estimate of drug-likeness (QED) is 0.867. The number of benzene rings is 1. The average Bonchev–Trinajstić information content (AvgIpc) is 2.90. The van der Waals surface area contributed by atoms with Gasteiger partial charge in [-0.1, -0.05) is 45.0 Å². The van der Waals surface area contributed by atoms with Crippen molar-refractivity contribution < 1.29 is 19.4 Å². The first-order chi connectivity index (χ1) is 11.8. The molecule has 1 aliphatic rings. The van der Waals surface area contributed by atoms with E-state index in [2.05, 4.69) is 20.8 Å². The number of carboxylic acid groups (broad SMARTS) is 1. The number of hydrogen-bond acceptors (Lipinski definition) is 3. The fourth-order valence-electron chi connectivity index (χ4n) is 3.40. The summed E-state index contributed by atoms with van der Waals surface area (Å²) in [6, 6.07) is 8.02. The standard InChI is InChI=1S/C21H31NO4/c1-19(2,3)16-10-8-15(9-11-16)14-21(17(23)24)12-7-13-22(21)18(25)26-20(4,5)6/h8-11H,7,12-14H2,1-6H3,(H,23,24)/t21-/m1/s1. The lowest BCUT2D eigenvalue weighted by molar-refractivity contribution is -0.149. The van der Waals surface area contributed by atoms with Gasteiger partial charge >= 0.3 is 12.1 Å². The van der Waals surface area contributed by atoms with Crippen LogP contribution in [0.3, 0.4) is 0 Å². The van der Waals surface area contributed by atoms with E-state index in [9.17, 15) is 14.7 Å². The molecule has 1 heterocycles. The molecule has 1 amide bonds. The van der Waals surface area contributed by atoms with Gasteiger partial charge in [0.2, 0.25) is 0 Å². The first-order valence-electron chi connectivity index (χ1n) is 9.19. The Morgan fingerprint density at radius 3 is 2.15 bits per heavy atom. The van der Waals surface area contributed by atoms with Crippen LogP contribution in [0.1, 0.15) is 65.5 Å². The fourth-order valence-corrected chi connectivity index (χ4v) is 3.40. The highest BCUT2D eigenvalue weighted by Gasteiger charge is 2.51. The third-order valence-corrected chi connectivity index (χ3v) is 4.82. The zero-order chi connectivity index (χ0) is 19.8. The van der Waals surface area contributed by atoms with Crippen LogP contribution in [0.2, 0.25) is 0 Å². The number of hydrogen-bond donors (Lipinski definition) is 1. The highest BCUT2D eigenvalue weighted by molar-refractivity contribution is 5.85. The molecule has 0 unspecified atom stereocenters. The van der Waals surface area contributed by atoms with E-state index in [0.717, 1.165) is 5.56 Å². The van der Waals surface area contributed by atoms with Crippen LogP contribution in [0.5, 0.6) is 0 Å². The van der Waals surface area contributed by atoms with Gasteiger partial charge in [0.25, 0.3) is 0 Å². The van der Waals surface area contributed by atoms with Gasteiger partial charge in [0, 0.05) is 13.0 Å². The summed E-state index contributed by atoms with van der Waals surface area (Å²) in [6.45, 7) is 12.2. The lowest BCUT2D eigenvalue weighted by Crippen LogP contribution is -2.55. The van der Waals surface area contributed by atoms with E-state index >= 15 is 0 Å². The topological polar surface area (TPSA) is 66.8 Å². The molecule has 0 radical (unpaired) electrons. The van der Waals surface area contributed by atoms with E-state index in [1.54, 1.807) is 20.8 Å². The van der Waals surface area contributed by atoms with Crippen molar-refractivity contribution in [2.75, 3.05) is 6.54 Å². The maximum absolute atomic E-state index is 12.6. The summed E-state index contributed by atoms with van der Waals surface area (Å²) in [5, 5.41) is 9.98. The SMILES string of the molecule is CC(C)(C)OC(=O)N1CCC[C@@]1(Cc1ccc(C(C)(C)C)cc1)C(=O)O. The van der Waals surface area contributed by atoms with Gasteiger partial charge in [0.05, 0.1) is 0 Å². The Hall–Kier alpha value is -2.04. The first kappa shape index (κ1) is 20.3. The summed E-state index contributed by atoms with van der Waals surface area (Å²) < 4.78 is 5.45. The van der Waals surface area contributed by atoms with Crippen molar-refractivity contribution in [3.05, 3.63) is 35.4 Å². The second kappa shape index (κ2) is 6.93. The molecule has 5 nitrogen and oxygen atoms in total. The summed E-state index contributed by atoms with van der Waals surface area (Å²) in [5.74, 6) is -0.972. The summed E-state index contributed by atoms with van der Waals surface area (Å²) in [4.78, 5) is 26.2. The number of aliphatic carboxylic acids is 1. The molecule has 1 N–H and O–H groups in total. The second-order valence-electron chi connectivity index (χ2n) is 9.20. The number of carbonyl (C=O) groups excluding carboxylic acids is 1. The van der Waals surface area contributed by atoms with Gasteiger partial charge < -0.3 is 9.84 Å². The number of amides is 1. The molecule has 2 rings (SSSR count). The molecule has 1 atom stereocenters. The molecule has 1 aromatic carbocycles. The number of likely N-dealkylation sites (tertiary alicyclic amines) is 1. The highest BCUT2D eigenvalue weighted by Crippen LogP contribution is 2.35. The van der Waals surface area contributed by atoms with Crippen LogP contribution in [0.15, 0.2) is 24.3 Å². The van der Waals surface area contributed by atoms with Crippen LogP contribution in [0.4, 0.5) is 4.79 Å². The minimum Gasteiger partial charge on any atom is -0.479 e. The summed E-state index contributed by atoms with van der Waals surface area (Å²) in [5.41, 5.74) is 0.250. The summed E-state index contributed by atoms with van der Waals surface area (Å²) in [7, 11) is 0. The fraction of sp³-hybridized carbons (Fsp3) is 0.619. The molecular weight excluding hydrogens is 330 g/mol. The average molecular weight is 361 g/mol. The maximum atomic E-state index is 12.6. The predicted molar refractivity (Wildman–Crippen MR) is 101 cm³/mol. The van der Waals surface area contributed by atoms with Crippen LogP contribution in [0.25, 0.3) is 0 Å². The van der Waals surface area contributed by atoms with Crippen molar-refractivity contribution in [2.24, 2.45) is 0 Å². The minimum absolute atomic E-state index is 0.0406. The van der Waals surface area contributed by atoms with Crippen LogP contribution in [-0.4, -0.2) is 39.8 Å². The third kappa shape index (κ3) is 4.37. The number of ether oxygens (including phenoxy) is 1. The lowest BCUT2D eigenvalue weighted by atomic mass is 9.84. The monoisotopic (exact) mass is 361 g/mol. The Morgan fingerprint density at radius 1 is 1.12 bits per heavy atom. The van der Waals surface area contributed by atoms with E-state index in [0.29, 0.717) is 19.4 Å². The molecule has 1 saturated heterocycles. The van der Waals surface area contributed by atoms with Crippen LogP contribution < -0.4 is 0 Å². The largest absolute Gasteiger partial charge is 0.479 e. The van der Waals surface area contributed by atoms with Crippen LogP contribution in [0, 0.1) is 0 Å². The molecule has 0 spiro atoms. The summed E-state index contributed by atoms with van der Waals surface area (Å²) in [6.07, 6.45) is 0.823. The molecule has 1 fully saturated rings. The van der Waals surface area contributed by atoms with Crippen molar-refractivity contribution >= 4 is 12.1 Å². The van der Waals surface area contributed by atoms with Gasteiger partial charge in [-0.05, 0) is 50.2 Å². The second-order valence-corrected chi connectivity index (χ2v) is 9.20.